The van der Waals surface area contributed by atoms with Crippen LogP contribution in [0.25, 0.3) is 0 Å². The molecule has 0 unspecified atom stereocenters. The SMILES string of the molecule is CO[C@H]1C[C@@H](CN(C)c2nc(C)nc(C)c2C)N(C)C1. The Morgan fingerprint density at radius 3 is 2.60 bits per heavy atom. The van der Waals surface area contributed by atoms with Gasteiger partial charge in [-0.25, -0.2) is 9.97 Å². The minimum atomic E-state index is 0.355. The van der Waals surface area contributed by atoms with Crippen LogP contribution in [0.15, 0.2) is 0 Å². The molecule has 1 fully saturated rings. The highest BCUT2D eigenvalue weighted by Crippen LogP contribution is 2.23. The van der Waals surface area contributed by atoms with Crippen molar-refractivity contribution in [3.05, 3.63) is 17.1 Å². The van der Waals surface area contributed by atoms with Crippen LogP contribution in [0.5, 0.6) is 0 Å². The maximum absolute atomic E-state index is 5.48. The quantitative estimate of drug-likeness (QED) is 0.836. The van der Waals surface area contributed by atoms with Gasteiger partial charge >= 0.3 is 0 Å². The number of rotatable bonds is 4. The summed E-state index contributed by atoms with van der Waals surface area (Å²) in [6.45, 7) is 8.07. The van der Waals surface area contributed by atoms with Crippen molar-refractivity contribution >= 4 is 5.82 Å². The Morgan fingerprint density at radius 2 is 2.00 bits per heavy atom. The Kier molecular flexibility index (Phi) is 4.60. The second-order valence-electron chi connectivity index (χ2n) is 5.87. The molecule has 0 saturated carbocycles. The standard InChI is InChI=1S/C15H26N4O/c1-10-11(2)16-12(3)17-15(10)19(5)8-13-7-14(20-6)9-18(13)4/h13-14H,7-9H2,1-6H3/t13-,14-/m0/s1. The van der Waals surface area contributed by atoms with Crippen LogP contribution < -0.4 is 4.90 Å². The number of aromatic nitrogens is 2. The summed E-state index contributed by atoms with van der Waals surface area (Å²) >= 11 is 0. The van der Waals surface area contributed by atoms with Crippen LogP contribution in [0, 0.1) is 20.8 Å². The Labute approximate surface area is 122 Å². The largest absolute Gasteiger partial charge is 0.380 e. The lowest BCUT2D eigenvalue weighted by Gasteiger charge is -2.27. The molecule has 5 nitrogen and oxygen atoms in total. The molecule has 1 aliphatic rings. The molecule has 1 aromatic heterocycles. The number of anilines is 1. The maximum atomic E-state index is 5.48. The lowest BCUT2D eigenvalue weighted by atomic mass is 10.1. The van der Waals surface area contributed by atoms with Crippen LogP contribution in [0.1, 0.15) is 23.5 Å². The van der Waals surface area contributed by atoms with E-state index in [-0.39, 0.29) is 0 Å². The molecule has 0 N–H and O–H groups in total. The van der Waals surface area contributed by atoms with Crippen molar-refractivity contribution in [2.24, 2.45) is 0 Å². The highest BCUT2D eigenvalue weighted by Gasteiger charge is 2.30. The smallest absolute Gasteiger partial charge is 0.135 e. The van der Waals surface area contributed by atoms with Crippen molar-refractivity contribution in [1.29, 1.82) is 0 Å². The molecule has 0 spiro atoms. The van der Waals surface area contributed by atoms with E-state index in [0.717, 1.165) is 36.8 Å². The lowest BCUT2D eigenvalue weighted by molar-refractivity contribution is 0.111. The minimum absolute atomic E-state index is 0.355. The maximum Gasteiger partial charge on any atom is 0.135 e. The van der Waals surface area contributed by atoms with Gasteiger partial charge in [0, 0.05) is 44.5 Å². The third-order valence-electron chi connectivity index (χ3n) is 4.30. The zero-order valence-electron chi connectivity index (χ0n) is 13.5. The molecule has 1 aromatic rings. The topological polar surface area (TPSA) is 41.5 Å². The molecule has 0 aromatic carbocycles. The average Bonchev–Trinajstić information content (AvgIpc) is 2.74. The van der Waals surface area contributed by atoms with Gasteiger partial charge < -0.3 is 9.64 Å². The molecule has 112 valence electrons. The molecule has 2 rings (SSSR count). The fourth-order valence-corrected chi connectivity index (χ4v) is 2.94. The van der Waals surface area contributed by atoms with Gasteiger partial charge in [-0.15, -0.1) is 0 Å². The molecule has 20 heavy (non-hydrogen) atoms. The first-order chi connectivity index (χ1) is 9.42. The summed E-state index contributed by atoms with van der Waals surface area (Å²) in [6, 6.07) is 0.514. The predicted octanol–water partition coefficient (Wildman–Crippen LogP) is 1.56. The van der Waals surface area contributed by atoms with E-state index in [1.807, 2.05) is 13.8 Å². The lowest BCUT2D eigenvalue weighted by Crippen LogP contribution is -2.37. The van der Waals surface area contributed by atoms with Crippen molar-refractivity contribution in [1.82, 2.24) is 14.9 Å². The molecule has 5 heteroatoms. The molecule has 2 atom stereocenters. The molecular weight excluding hydrogens is 252 g/mol. The van der Waals surface area contributed by atoms with Crippen molar-refractivity contribution in [2.75, 3.05) is 39.2 Å². The van der Waals surface area contributed by atoms with E-state index in [2.05, 4.69) is 40.8 Å². The first kappa shape index (κ1) is 15.2. The number of hydrogen-bond acceptors (Lipinski definition) is 5. The molecule has 0 amide bonds. The second kappa shape index (κ2) is 6.06. The normalized spacial score (nSPS) is 23.3. The van der Waals surface area contributed by atoms with Crippen molar-refractivity contribution in [3.63, 3.8) is 0 Å². The number of nitrogens with zero attached hydrogens (tertiary/aromatic N) is 4. The van der Waals surface area contributed by atoms with Crippen LogP contribution in [0.2, 0.25) is 0 Å². The second-order valence-corrected chi connectivity index (χ2v) is 5.87. The first-order valence-corrected chi connectivity index (χ1v) is 7.18. The van der Waals surface area contributed by atoms with Gasteiger partial charge in [-0.3, -0.25) is 4.90 Å². The summed E-state index contributed by atoms with van der Waals surface area (Å²) in [5.41, 5.74) is 2.23. The molecule has 2 heterocycles. The third-order valence-corrected chi connectivity index (χ3v) is 4.30. The summed E-state index contributed by atoms with van der Waals surface area (Å²) in [5.74, 6) is 1.88. The molecule has 1 aliphatic heterocycles. The monoisotopic (exact) mass is 278 g/mol. The Bertz CT molecular complexity index is 477. The average molecular weight is 278 g/mol. The van der Waals surface area contributed by atoms with E-state index in [4.69, 9.17) is 4.74 Å². The van der Waals surface area contributed by atoms with Gasteiger partial charge in [0.05, 0.1) is 6.10 Å². The molecular formula is C15H26N4O. The zero-order chi connectivity index (χ0) is 14.9. The number of likely N-dealkylation sites (tertiary alicyclic amines) is 1. The predicted molar refractivity (Wildman–Crippen MR) is 81.3 cm³/mol. The summed E-state index contributed by atoms with van der Waals surface area (Å²) < 4.78 is 5.48. The van der Waals surface area contributed by atoms with Crippen LogP contribution in [-0.2, 0) is 4.74 Å². The van der Waals surface area contributed by atoms with Crippen molar-refractivity contribution < 1.29 is 4.74 Å². The summed E-state index contributed by atoms with van der Waals surface area (Å²) in [5, 5.41) is 0. The highest BCUT2D eigenvalue weighted by atomic mass is 16.5. The Hall–Kier alpha value is -1.20. The molecule has 0 bridgehead atoms. The van der Waals surface area contributed by atoms with Gasteiger partial charge in [-0.2, -0.15) is 0 Å². The molecule has 1 saturated heterocycles. The zero-order valence-corrected chi connectivity index (χ0v) is 13.5. The summed E-state index contributed by atoms with van der Waals surface area (Å²) in [4.78, 5) is 13.6. The van der Waals surface area contributed by atoms with E-state index >= 15 is 0 Å². The van der Waals surface area contributed by atoms with E-state index in [1.165, 1.54) is 5.56 Å². The van der Waals surface area contributed by atoms with E-state index in [1.54, 1.807) is 7.11 Å². The van der Waals surface area contributed by atoms with E-state index in [0.29, 0.717) is 12.1 Å². The van der Waals surface area contributed by atoms with E-state index in [9.17, 15) is 0 Å². The van der Waals surface area contributed by atoms with Gasteiger partial charge in [-0.05, 0) is 34.2 Å². The number of ether oxygens (including phenoxy) is 1. The Balaban J connectivity index is 2.11. The minimum Gasteiger partial charge on any atom is -0.380 e. The summed E-state index contributed by atoms with van der Waals surface area (Å²) in [6.07, 6.45) is 1.44. The van der Waals surface area contributed by atoms with Gasteiger partial charge in [0.2, 0.25) is 0 Å². The molecule has 0 radical (unpaired) electrons. The fraction of sp³-hybridized carbons (Fsp3) is 0.733. The number of hydrogen-bond donors (Lipinski definition) is 0. The van der Waals surface area contributed by atoms with Crippen LogP contribution >= 0.6 is 0 Å². The van der Waals surface area contributed by atoms with Crippen molar-refractivity contribution in [3.8, 4) is 0 Å². The first-order valence-electron chi connectivity index (χ1n) is 7.18. The van der Waals surface area contributed by atoms with Gasteiger partial charge in [0.25, 0.3) is 0 Å². The van der Waals surface area contributed by atoms with E-state index < -0.39 is 0 Å². The van der Waals surface area contributed by atoms with Gasteiger partial charge in [0.15, 0.2) is 0 Å². The Morgan fingerprint density at radius 1 is 1.30 bits per heavy atom. The van der Waals surface area contributed by atoms with Crippen LogP contribution in [0.4, 0.5) is 5.82 Å². The summed E-state index contributed by atoms with van der Waals surface area (Å²) in [7, 11) is 6.08. The van der Waals surface area contributed by atoms with Gasteiger partial charge in [-0.1, -0.05) is 0 Å². The van der Waals surface area contributed by atoms with Gasteiger partial charge in [0.1, 0.15) is 11.6 Å². The van der Waals surface area contributed by atoms with Crippen molar-refractivity contribution in [2.45, 2.75) is 39.3 Å². The number of likely N-dealkylation sites (N-methyl/N-ethyl adjacent to an activating group) is 2. The highest BCUT2D eigenvalue weighted by molar-refractivity contribution is 5.47. The van der Waals surface area contributed by atoms with Crippen LogP contribution in [-0.4, -0.2) is 61.3 Å². The molecule has 0 aliphatic carbocycles. The number of aryl methyl sites for hydroxylation is 2. The third kappa shape index (κ3) is 3.10. The fourth-order valence-electron chi connectivity index (χ4n) is 2.94. The number of methoxy groups -OCH3 is 1. The van der Waals surface area contributed by atoms with Crippen LogP contribution in [0.3, 0.4) is 0 Å².